The maximum atomic E-state index is 12.8. The van der Waals surface area contributed by atoms with E-state index in [2.05, 4.69) is 26.6 Å². The molecule has 0 spiro atoms. The van der Waals surface area contributed by atoms with Gasteiger partial charge in [-0.25, -0.2) is 0 Å². The number of carbonyl (C=O) groups excluding carboxylic acids is 2. The van der Waals surface area contributed by atoms with Crippen LogP contribution in [0.1, 0.15) is 31.7 Å². The number of ether oxygens (including phenoxy) is 1. The van der Waals surface area contributed by atoms with Crippen molar-refractivity contribution in [2.24, 2.45) is 0 Å². The van der Waals surface area contributed by atoms with E-state index in [1.165, 1.54) is 4.90 Å². The van der Waals surface area contributed by atoms with Gasteiger partial charge in [-0.3, -0.25) is 14.5 Å². The molecule has 0 unspecified atom stereocenters. The van der Waals surface area contributed by atoms with E-state index in [0.29, 0.717) is 28.8 Å². The minimum atomic E-state index is -0.206. The molecule has 33 heavy (non-hydrogen) atoms. The molecule has 1 aliphatic rings. The molecule has 4 rings (SSSR count). The molecule has 1 aliphatic heterocycles. The standard InChI is InChI=1S/C25H24BrClN2O3S/c1-2-3-12-29-24(30)23(33-25(29)31)14-17-16-28(21-10-9-18(26)15-19(17)21)11-6-13-32-22-8-5-4-7-20(22)27/h4-5,7-10,14-16H,2-3,6,11-13H2,1H3/b23-14-. The number of fused-ring (bicyclic) bond motifs is 1. The predicted molar refractivity (Wildman–Crippen MR) is 139 cm³/mol. The van der Waals surface area contributed by atoms with Crippen molar-refractivity contribution in [3.63, 3.8) is 0 Å². The molecule has 172 valence electrons. The molecule has 1 saturated heterocycles. The zero-order valence-corrected chi connectivity index (χ0v) is 21.4. The van der Waals surface area contributed by atoms with Crippen molar-refractivity contribution in [1.29, 1.82) is 0 Å². The molecule has 1 aromatic heterocycles. The normalized spacial score (nSPS) is 15.2. The zero-order chi connectivity index (χ0) is 23.4. The van der Waals surface area contributed by atoms with E-state index in [4.69, 9.17) is 16.3 Å². The second kappa shape index (κ2) is 10.8. The van der Waals surface area contributed by atoms with Crippen LogP contribution < -0.4 is 4.74 Å². The number of unbranched alkanes of at least 4 members (excludes halogenated alkanes) is 1. The minimum Gasteiger partial charge on any atom is -0.492 e. The lowest BCUT2D eigenvalue weighted by molar-refractivity contribution is -0.122. The molecular weight excluding hydrogens is 524 g/mol. The number of imide groups is 1. The Balaban J connectivity index is 1.53. The van der Waals surface area contributed by atoms with Crippen LogP contribution >= 0.6 is 39.3 Å². The summed E-state index contributed by atoms with van der Waals surface area (Å²) in [6, 6.07) is 13.5. The molecule has 1 fully saturated rings. The van der Waals surface area contributed by atoms with E-state index >= 15 is 0 Å². The summed E-state index contributed by atoms with van der Waals surface area (Å²) in [5, 5.41) is 1.43. The number of halogens is 2. The van der Waals surface area contributed by atoms with E-state index in [-0.39, 0.29) is 11.1 Å². The average molecular weight is 548 g/mol. The molecule has 0 atom stereocenters. The number of nitrogens with zero attached hydrogens (tertiary/aromatic N) is 2. The second-order valence-electron chi connectivity index (χ2n) is 7.76. The summed E-state index contributed by atoms with van der Waals surface area (Å²) in [6.07, 6.45) is 6.41. The van der Waals surface area contributed by atoms with Crippen LogP contribution in [0.4, 0.5) is 4.79 Å². The summed E-state index contributed by atoms with van der Waals surface area (Å²) in [6.45, 7) is 3.79. The molecule has 0 saturated carbocycles. The largest absolute Gasteiger partial charge is 0.492 e. The van der Waals surface area contributed by atoms with Gasteiger partial charge in [-0.1, -0.05) is 53.0 Å². The summed E-state index contributed by atoms with van der Waals surface area (Å²) < 4.78 is 8.93. The lowest BCUT2D eigenvalue weighted by atomic mass is 10.1. The fourth-order valence-corrected chi connectivity index (χ4v) is 5.13. The van der Waals surface area contributed by atoms with Crippen molar-refractivity contribution in [3.8, 4) is 5.75 Å². The molecule has 3 aromatic rings. The van der Waals surface area contributed by atoms with Gasteiger partial charge in [-0.2, -0.15) is 0 Å². The number of para-hydroxylation sites is 1. The number of aromatic nitrogens is 1. The average Bonchev–Trinajstić information content (AvgIpc) is 3.27. The fraction of sp³-hybridized carbons (Fsp3) is 0.280. The highest BCUT2D eigenvalue weighted by molar-refractivity contribution is 9.10. The van der Waals surface area contributed by atoms with Crippen molar-refractivity contribution in [1.82, 2.24) is 9.47 Å². The predicted octanol–water partition coefficient (Wildman–Crippen LogP) is 7.36. The molecule has 0 bridgehead atoms. The number of carbonyl (C=O) groups is 2. The van der Waals surface area contributed by atoms with Crippen LogP contribution in [0.2, 0.25) is 5.02 Å². The van der Waals surface area contributed by atoms with Gasteiger partial charge in [-0.15, -0.1) is 0 Å². The van der Waals surface area contributed by atoms with Crippen LogP contribution in [0, 0.1) is 0 Å². The van der Waals surface area contributed by atoms with Crippen LogP contribution in [-0.2, 0) is 11.3 Å². The van der Waals surface area contributed by atoms with Gasteiger partial charge in [0.15, 0.2) is 0 Å². The molecule has 8 heteroatoms. The number of hydrogen-bond acceptors (Lipinski definition) is 4. The van der Waals surface area contributed by atoms with Crippen molar-refractivity contribution in [2.75, 3.05) is 13.2 Å². The van der Waals surface area contributed by atoms with Crippen LogP contribution in [-0.4, -0.2) is 33.8 Å². The summed E-state index contributed by atoms with van der Waals surface area (Å²) in [4.78, 5) is 26.9. The summed E-state index contributed by atoms with van der Waals surface area (Å²) in [5.41, 5.74) is 1.98. The Morgan fingerprint density at radius 1 is 1.12 bits per heavy atom. The van der Waals surface area contributed by atoms with E-state index in [0.717, 1.165) is 58.5 Å². The van der Waals surface area contributed by atoms with Gasteiger partial charge in [0.1, 0.15) is 5.75 Å². The Morgan fingerprint density at radius 2 is 1.94 bits per heavy atom. The fourth-order valence-electron chi connectivity index (χ4n) is 3.73. The number of benzene rings is 2. The topological polar surface area (TPSA) is 51.5 Å². The van der Waals surface area contributed by atoms with E-state index in [1.807, 2.05) is 55.6 Å². The van der Waals surface area contributed by atoms with Crippen LogP contribution in [0.15, 0.2) is 58.0 Å². The highest BCUT2D eigenvalue weighted by Gasteiger charge is 2.34. The lowest BCUT2D eigenvalue weighted by Gasteiger charge is -2.10. The third kappa shape index (κ3) is 5.48. The lowest BCUT2D eigenvalue weighted by Crippen LogP contribution is -2.29. The van der Waals surface area contributed by atoms with Crippen LogP contribution in [0.25, 0.3) is 17.0 Å². The highest BCUT2D eigenvalue weighted by Crippen LogP contribution is 2.35. The first-order valence-electron chi connectivity index (χ1n) is 10.9. The van der Waals surface area contributed by atoms with Gasteiger partial charge in [-0.05, 0) is 61.0 Å². The summed E-state index contributed by atoms with van der Waals surface area (Å²) in [5.74, 6) is 0.474. The first-order chi connectivity index (χ1) is 16.0. The highest BCUT2D eigenvalue weighted by atomic mass is 79.9. The first-order valence-corrected chi connectivity index (χ1v) is 12.9. The molecule has 2 heterocycles. The monoisotopic (exact) mass is 546 g/mol. The number of rotatable bonds is 9. The molecule has 5 nitrogen and oxygen atoms in total. The van der Waals surface area contributed by atoms with E-state index in [1.54, 1.807) is 0 Å². The first kappa shape index (κ1) is 23.9. The van der Waals surface area contributed by atoms with Gasteiger partial charge < -0.3 is 9.30 Å². The smallest absolute Gasteiger partial charge is 0.293 e. The Labute approximate surface area is 210 Å². The number of amides is 2. The quantitative estimate of drug-likeness (QED) is 0.207. The van der Waals surface area contributed by atoms with Crippen LogP contribution in [0.3, 0.4) is 0 Å². The third-order valence-electron chi connectivity index (χ3n) is 5.41. The summed E-state index contributed by atoms with van der Waals surface area (Å²) >= 11 is 10.7. The Bertz CT molecular complexity index is 1220. The minimum absolute atomic E-state index is 0.193. The van der Waals surface area contributed by atoms with Crippen LogP contribution in [0.5, 0.6) is 5.75 Å². The van der Waals surface area contributed by atoms with E-state index in [9.17, 15) is 9.59 Å². The summed E-state index contributed by atoms with van der Waals surface area (Å²) in [7, 11) is 0. The van der Waals surface area contributed by atoms with E-state index < -0.39 is 0 Å². The van der Waals surface area contributed by atoms with Crippen molar-refractivity contribution in [2.45, 2.75) is 32.7 Å². The van der Waals surface area contributed by atoms with Gasteiger partial charge in [0, 0.05) is 40.2 Å². The maximum absolute atomic E-state index is 12.8. The van der Waals surface area contributed by atoms with Gasteiger partial charge in [0.2, 0.25) is 0 Å². The Hall–Kier alpha value is -2.22. The SMILES string of the molecule is CCCCN1C(=O)S/C(=C\c2cn(CCCOc3ccccc3Cl)c3ccc(Br)cc23)C1=O. The van der Waals surface area contributed by atoms with Gasteiger partial charge in [0.25, 0.3) is 11.1 Å². The number of hydrogen-bond donors (Lipinski definition) is 0. The van der Waals surface area contributed by atoms with Crippen molar-refractivity contribution in [3.05, 3.63) is 68.6 Å². The van der Waals surface area contributed by atoms with Gasteiger partial charge in [0.05, 0.1) is 16.5 Å². The molecular formula is C25H24BrClN2O3S. The maximum Gasteiger partial charge on any atom is 0.293 e. The molecule has 2 amide bonds. The Morgan fingerprint density at radius 3 is 2.73 bits per heavy atom. The molecule has 0 N–H and O–H groups in total. The molecule has 2 aromatic carbocycles. The van der Waals surface area contributed by atoms with Crippen molar-refractivity contribution < 1.29 is 14.3 Å². The number of aryl methyl sites for hydroxylation is 1. The zero-order valence-electron chi connectivity index (χ0n) is 18.2. The molecule has 0 radical (unpaired) electrons. The third-order valence-corrected chi connectivity index (χ3v) is 7.12. The van der Waals surface area contributed by atoms with Gasteiger partial charge >= 0.3 is 0 Å². The van der Waals surface area contributed by atoms with Crippen molar-refractivity contribution >= 4 is 67.4 Å². The second-order valence-corrected chi connectivity index (χ2v) is 10.1. The molecule has 0 aliphatic carbocycles. The Kier molecular flexibility index (Phi) is 7.83. The number of thioether (sulfide) groups is 1.